The second-order valence-electron chi connectivity index (χ2n) is 6.22. The van der Waals surface area contributed by atoms with Gasteiger partial charge in [-0.25, -0.2) is 0 Å². The van der Waals surface area contributed by atoms with Crippen LogP contribution in [0.4, 0.5) is 0 Å². The molecule has 0 spiro atoms. The molecular weight excluding hydrogens is 362 g/mol. The van der Waals surface area contributed by atoms with Crippen LogP contribution in [0.2, 0.25) is 0 Å². The molecule has 3 rings (SSSR count). The van der Waals surface area contributed by atoms with Gasteiger partial charge in [-0.05, 0) is 29.8 Å². The van der Waals surface area contributed by atoms with Crippen molar-refractivity contribution in [1.82, 2.24) is 9.88 Å². The summed E-state index contributed by atoms with van der Waals surface area (Å²) in [5.41, 5.74) is 7.23. The predicted molar refractivity (Wildman–Crippen MR) is 104 cm³/mol. The molecule has 1 saturated heterocycles. The number of carbonyl (C=O) groups excluding carboxylic acids is 1. The second-order valence-corrected chi connectivity index (χ2v) is 6.22. The largest absolute Gasteiger partial charge is 0.493 e. The molecule has 1 aromatic heterocycles. The number of pyridine rings is 1. The zero-order valence-electron chi connectivity index (χ0n) is 16.0. The van der Waals surface area contributed by atoms with E-state index in [0.717, 1.165) is 6.92 Å². The molecule has 0 radical (unpaired) electrons. The van der Waals surface area contributed by atoms with E-state index in [1.54, 1.807) is 31.5 Å². The summed E-state index contributed by atoms with van der Waals surface area (Å²) in [6.07, 6.45) is 3.62. The molecule has 8 nitrogen and oxygen atoms in total. The molecule has 150 valence electrons. The van der Waals surface area contributed by atoms with Crippen molar-refractivity contribution >= 4 is 11.9 Å². The minimum Gasteiger partial charge on any atom is -0.493 e. The molecule has 1 amide bonds. The molecule has 8 heteroatoms. The van der Waals surface area contributed by atoms with Gasteiger partial charge in [0.2, 0.25) is 0 Å². The minimum absolute atomic E-state index is 0.00427. The Labute approximate surface area is 163 Å². The van der Waals surface area contributed by atoms with Gasteiger partial charge in [0.25, 0.3) is 11.9 Å². The van der Waals surface area contributed by atoms with Crippen LogP contribution >= 0.6 is 0 Å². The number of hydrogen-bond acceptors (Lipinski definition) is 6. The Morgan fingerprint density at radius 3 is 2.57 bits per heavy atom. The Bertz CT molecular complexity index is 788. The number of hydrogen-bond donors (Lipinski definition) is 2. The highest BCUT2D eigenvalue weighted by atomic mass is 16.5. The quantitative estimate of drug-likeness (QED) is 0.776. The first-order chi connectivity index (χ1) is 13.5. The van der Waals surface area contributed by atoms with E-state index in [-0.39, 0.29) is 5.91 Å². The summed E-state index contributed by atoms with van der Waals surface area (Å²) >= 11 is 0. The van der Waals surface area contributed by atoms with E-state index >= 15 is 0 Å². The Hall–Kier alpha value is -3.13. The van der Waals surface area contributed by atoms with Crippen molar-refractivity contribution in [2.75, 3.05) is 33.4 Å². The molecular formula is C20H25N3O5. The highest BCUT2D eigenvalue weighted by molar-refractivity contribution is 5.95. The number of aromatic nitrogens is 1. The van der Waals surface area contributed by atoms with Crippen molar-refractivity contribution in [3.8, 4) is 11.5 Å². The van der Waals surface area contributed by atoms with E-state index in [9.17, 15) is 4.79 Å². The number of amides is 1. The van der Waals surface area contributed by atoms with Crippen molar-refractivity contribution in [2.24, 2.45) is 5.73 Å². The maximum Gasteiger partial charge on any atom is 0.300 e. The molecule has 0 aliphatic carbocycles. The summed E-state index contributed by atoms with van der Waals surface area (Å²) in [5.74, 6) is 0.652. The number of nitrogens with zero attached hydrogens (tertiary/aromatic N) is 2. The molecule has 28 heavy (non-hydrogen) atoms. The molecule has 2 aromatic rings. The smallest absolute Gasteiger partial charge is 0.300 e. The zero-order chi connectivity index (χ0) is 20.5. The molecule has 2 heterocycles. The van der Waals surface area contributed by atoms with Crippen molar-refractivity contribution in [3.05, 3.63) is 53.9 Å². The number of methoxy groups -OCH3 is 1. The summed E-state index contributed by atoms with van der Waals surface area (Å²) in [6.45, 7) is 3.27. The fraction of sp³-hybridized carbons (Fsp3) is 0.350. The van der Waals surface area contributed by atoms with Gasteiger partial charge in [-0.2, -0.15) is 0 Å². The van der Waals surface area contributed by atoms with Gasteiger partial charge in [0.05, 0.1) is 7.11 Å². The average Bonchev–Trinajstić information content (AvgIpc) is 2.65. The van der Waals surface area contributed by atoms with E-state index in [1.807, 2.05) is 23.2 Å². The Morgan fingerprint density at radius 1 is 1.29 bits per heavy atom. The molecule has 0 unspecified atom stereocenters. The van der Waals surface area contributed by atoms with Crippen molar-refractivity contribution in [2.45, 2.75) is 12.8 Å². The number of benzene rings is 1. The first-order valence-electron chi connectivity index (χ1n) is 8.85. The summed E-state index contributed by atoms with van der Waals surface area (Å²) in [7, 11) is 1.57. The number of likely N-dealkylation sites (tertiary alicyclic amines) is 1. The maximum atomic E-state index is 12.6. The van der Waals surface area contributed by atoms with Crippen LogP contribution in [-0.2, 0) is 4.79 Å². The molecule has 0 atom stereocenters. The van der Waals surface area contributed by atoms with Gasteiger partial charge in [0.1, 0.15) is 6.61 Å². The lowest BCUT2D eigenvalue weighted by Gasteiger charge is -2.39. The fourth-order valence-electron chi connectivity index (χ4n) is 2.75. The Kier molecular flexibility index (Phi) is 7.76. The van der Waals surface area contributed by atoms with Gasteiger partial charge >= 0.3 is 0 Å². The normalized spacial score (nSPS) is 13.0. The number of nitrogens with two attached hydrogens (primary N) is 1. The third-order valence-electron chi connectivity index (χ3n) is 4.11. The predicted octanol–water partition coefficient (Wildman–Crippen LogP) is 1.76. The summed E-state index contributed by atoms with van der Waals surface area (Å²) in [5, 5.41) is 7.42. The molecule has 1 aromatic carbocycles. The number of carboxylic acid groups (broad SMARTS) is 1. The van der Waals surface area contributed by atoms with E-state index in [1.165, 1.54) is 5.56 Å². The summed E-state index contributed by atoms with van der Waals surface area (Å²) in [4.78, 5) is 27.6. The zero-order valence-corrected chi connectivity index (χ0v) is 16.0. The van der Waals surface area contributed by atoms with Crippen molar-refractivity contribution < 1.29 is 24.2 Å². The molecule has 1 aliphatic rings. The minimum atomic E-state index is -0.833. The average molecular weight is 387 g/mol. The number of aliphatic carboxylic acids is 1. The van der Waals surface area contributed by atoms with Crippen LogP contribution in [0.5, 0.6) is 11.5 Å². The molecule has 1 aliphatic heterocycles. The van der Waals surface area contributed by atoms with Crippen LogP contribution in [-0.4, -0.2) is 60.2 Å². The van der Waals surface area contributed by atoms with Gasteiger partial charge < -0.3 is 25.2 Å². The van der Waals surface area contributed by atoms with Gasteiger partial charge in [-0.1, -0.05) is 6.07 Å². The fourth-order valence-corrected chi connectivity index (χ4v) is 2.75. The lowest BCUT2D eigenvalue weighted by atomic mass is 9.92. The van der Waals surface area contributed by atoms with Crippen LogP contribution in [0.3, 0.4) is 0 Å². The molecule has 1 fully saturated rings. The van der Waals surface area contributed by atoms with E-state index in [4.69, 9.17) is 25.1 Å². The molecule has 3 N–H and O–H groups in total. The number of ether oxygens (including phenoxy) is 2. The van der Waals surface area contributed by atoms with Crippen LogP contribution < -0.4 is 15.2 Å². The van der Waals surface area contributed by atoms with Crippen LogP contribution in [0.1, 0.15) is 28.8 Å². The number of rotatable bonds is 6. The SMILES string of the molecule is CC(=O)O.COc1ccc(C(=O)N2CC(c3cccnc3)C2)cc1OCCN. The van der Waals surface area contributed by atoms with Gasteiger partial charge in [-0.3, -0.25) is 14.6 Å². The lowest BCUT2D eigenvalue weighted by Crippen LogP contribution is -2.48. The highest BCUT2D eigenvalue weighted by Gasteiger charge is 2.32. The summed E-state index contributed by atoms with van der Waals surface area (Å²) < 4.78 is 10.8. The lowest BCUT2D eigenvalue weighted by molar-refractivity contribution is -0.134. The molecule has 0 bridgehead atoms. The number of carbonyl (C=O) groups is 2. The monoisotopic (exact) mass is 387 g/mol. The third-order valence-corrected chi connectivity index (χ3v) is 4.11. The van der Waals surface area contributed by atoms with Gasteiger partial charge in [0, 0.05) is 50.4 Å². The van der Waals surface area contributed by atoms with Crippen LogP contribution in [0.15, 0.2) is 42.7 Å². The van der Waals surface area contributed by atoms with Crippen LogP contribution in [0.25, 0.3) is 0 Å². The summed E-state index contributed by atoms with van der Waals surface area (Å²) in [6, 6.07) is 9.19. The van der Waals surface area contributed by atoms with Gasteiger partial charge in [0.15, 0.2) is 11.5 Å². The highest BCUT2D eigenvalue weighted by Crippen LogP contribution is 2.31. The van der Waals surface area contributed by atoms with Crippen molar-refractivity contribution in [3.63, 3.8) is 0 Å². The second kappa shape index (κ2) is 10.3. The van der Waals surface area contributed by atoms with E-state index in [0.29, 0.717) is 49.2 Å². The Morgan fingerprint density at radius 2 is 2.00 bits per heavy atom. The van der Waals surface area contributed by atoms with E-state index in [2.05, 4.69) is 4.98 Å². The van der Waals surface area contributed by atoms with E-state index < -0.39 is 5.97 Å². The first-order valence-corrected chi connectivity index (χ1v) is 8.85. The van der Waals surface area contributed by atoms with Gasteiger partial charge in [-0.15, -0.1) is 0 Å². The van der Waals surface area contributed by atoms with Crippen LogP contribution in [0, 0.1) is 0 Å². The third kappa shape index (κ3) is 5.68. The Balaban J connectivity index is 0.000000640. The van der Waals surface area contributed by atoms with Crippen molar-refractivity contribution in [1.29, 1.82) is 0 Å². The molecule has 0 saturated carbocycles. The first kappa shape index (κ1) is 21.2. The topological polar surface area (TPSA) is 115 Å². The maximum absolute atomic E-state index is 12.6. The standard InChI is InChI=1S/C18H21N3O3.C2H4O2/c1-23-16-5-4-13(9-17(16)24-8-6-19)18(22)21-11-15(12-21)14-3-2-7-20-10-14;1-2(3)4/h2-5,7,9-10,15H,6,8,11-12,19H2,1H3;1H3,(H,3,4). The number of carboxylic acids is 1.